The molecule has 3 rings (SSSR count). The average molecular weight is 370 g/mol. The highest BCUT2D eigenvalue weighted by atomic mass is 16.6. The number of rotatable bonds is 5. The number of aliphatic hydroxyl groups is 1. The predicted octanol–water partition coefficient (Wildman–Crippen LogP) is 3.63. The van der Waals surface area contributed by atoms with Gasteiger partial charge in [-0.15, -0.1) is 0 Å². The summed E-state index contributed by atoms with van der Waals surface area (Å²) in [4.78, 5) is 18.1. The summed E-state index contributed by atoms with van der Waals surface area (Å²) in [6.45, 7) is 6.67. The van der Waals surface area contributed by atoms with Gasteiger partial charge < -0.3 is 19.5 Å². The van der Waals surface area contributed by atoms with Crippen LogP contribution in [0.3, 0.4) is 0 Å². The fourth-order valence-electron chi connectivity index (χ4n) is 2.87. The molecule has 144 valence electrons. The number of aliphatic hydroxyl groups excluding tert-OH is 1. The number of ether oxygens (including phenoxy) is 2. The number of aromatic nitrogens is 1. The van der Waals surface area contributed by atoms with Gasteiger partial charge in [-0.3, -0.25) is 4.98 Å². The van der Waals surface area contributed by atoms with Crippen molar-refractivity contribution >= 4 is 6.09 Å². The van der Waals surface area contributed by atoms with E-state index in [-0.39, 0.29) is 18.7 Å². The lowest BCUT2D eigenvalue weighted by Gasteiger charge is -2.40. The van der Waals surface area contributed by atoms with E-state index in [9.17, 15) is 9.90 Å². The van der Waals surface area contributed by atoms with Crippen molar-refractivity contribution in [1.82, 2.24) is 9.88 Å². The van der Waals surface area contributed by atoms with Crippen LogP contribution in [0.5, 0.6) is 5.75 Å². The number of pyridine rings is 1. The highest BCUT2D eigenvalue weighted by Crippen LogP contribution is 2.26. The van der Waals surface area contributed by atoms with E-state index in [0.717, 1.165) is 23.1 Å². The monoisotopic (exact) mass is 370 g/mol. The van der Waals surface area contributed by atoms with Crippen molar-refractivity contribution < 1.29 is 19.4 Å². The molecule has 2 heterocycles. The number of carbonyl (C=O) groups is 1. The Morgan fingerprint density at radius 3 is 2.74 bits per heavy atom. The van der Waals surface area contributed by atoms with E-state index in [0.29, 0.717) is 18.9 Å². The van der Waals surface area contributed by atoms with Gasteiger partial charge in [0.05, 0.1) is 18.8 Å². The van der Waals surface area contributed by atoms with Gasteiger partial charge in [-0.25, -0.2) is 4.79 Å². The summed E-state index contributed by atoms with van der Waals surface area (Å²) in [5.74, 6) is 0.651. The Hall–Kier alpha value is -2.60. The van der Waals surface area contributed by atoms with Crippen LogP contribution in [0.15, 0.2) is 42.7 Å². The third-order valence-electron chi connectivity index (χ3n) is 4.37. The zero-order valence-electron chi connectivity index (χ0n) is 16.0. The largest absolute Gasteiger partial charge is 0.490 e. The summed E-state index contributed by atoms with van der Waals surface area (Å²) in [6, 6.07) is 9.61. The fraction of sp³-hybridized carbons (Fsp3) is 0.429. The Labute approximate surface area is 159 Å². The molecule has 1 N–H and O–H groups in total. The minimum absolute atomic E-state index is 0.000358. The molecule has 6 nitrogen and oxygen atoms in total. The number of hydrogen-bond donors (Lipinski definition) is 1. The van der Waals surface area contributed by atoms with Crippen molar-refractivity contribution in [2.45, 2.75) is 45.4 Å². The van der Waals surface area contributed by atoms with Crippen LogP contribution in [0.4, 0.5) is 4.79 Å². The molecule has 0 spiro atoms. The van der Waals surface area contributed by atoms with E-state index in [1.807, 2.05) is 51.1 Å². The van der Waals surface area contributed by atoms with Gasteiger partial charge in [-0.1, -0.05) is 18.2 Å². The zero-order chi connectivity index (χ0) is 19.4. The van der Waals surface area contributed by atoms with Crippen LogP contribution >= 0.6 is 0 Å². The van der Waals surface area contributed by atoms with Gasteiger partial charge in [-0.2, -0.15) is 0 Å². The number of amides is 1. The van der Waals surface area contributed by atoms with Crippen molar-refractivity contribution in [3.8, 4) is 16.9 Å². The van der Waals surface area contributed by atoms with E-state index in [1.165, 1.54) is 0 Å². The summed E-state index contributed by atoms with van der Waals surface area (Å²) < 4.78 is 11.3. The molecule has 1 aromatic heterocycles. The lowest BCUT2D eigenvalue weighted by molar-refractivity contribution is -0.0141. The number of benzene rings is 1. The van der Waals surface area contributed by atoms with Gasteiger partial charge in [0.15, 0.2) is 0 Å². The zero-order valence-corrected chi connectivity index (χ0v) is 16.0. The third-order valence-corrected chi connectivity index (χ3v) is 4.37. The molecule has 0 bridgehead atoms. The van der Waals surface area contributed by atoms with Gasteiger partial charge in [0.2, 0.25) is 0 Å². The van der Waals surface area contributed by atoms with Gasteiger partial charge in [0, 0.05) is 18.3 Å². The quantitative estimate of drug-likeness (QED) is 0.870. The molecule has 2 aromatic rings. The molecule has 0 saturated carbocycles. The van der Waals surface area contributed by atoms with Gasteiger partial charge in [0.25, 0.3) is 0 Å². The topological polar surface area (TPSA) is 71.9 Å². The van der Waals surface area contributed by atoms with E-state index in [2.05, 4.69) is 4.98 Å². The normalized spacial score (nSPS) is 16.6. The summed E-state index contributed by atoms with van der Waals surface area (Å²) >= 11 is 0. The first kappa shape index (κ1) is 19.2. The molecule has 1 aliphatic heterocycles. The number of hydrogen-bond acceptors (Lipinski definition) is 5. The molecule has 0 radical (unpaired) electrons. The molecular weight excluding hydrogens is 344 g/mol. The highest BCUT2D eigenvalue weighted by Gasteiger charge is 2.35. The van der Waals surface area contributed by atoms with Gasteiger partial charge >= 0.3 is 6.09 Å². The van der Waals surface area contributed by atoms with Crippen LogP contribution < -0.4 is 4.74 Å². The minimum Gasteiger partial charge on any atom is -0.490 e. The van der Waals surface area contributed by atoms with E-state index in [4.69, 9.17) is 9.47 Å². The molecule has 1 aromatic carbocycles. The Balaban J connectivity index is 1.61. The Morgan fingerprint density at radius 2 is 2.07 bits per heavy atom. The first-order valence-electron chi connectivity index (χ1n) is 9.13. The standard InChI is InChI=1S/C21H26N2O4/c1-21(2,3)27-20(25)23-8-7-18(23)14-26-19-10-17(11-22-12-19)16-6-4-5-15(9-16)13-24/h4-6,9-12,18,24H,7-8,13-14H2,1-3H3/t18-/m0/s1. The van der Waals surface area contributed by atoms with Crippen molar-refractivity contribution in [3.05, 3.63) is 48.3 Å². The predicted molar refractivity (Wildman–Crippen MR) is 102 cm³/mol. The molecule has 1 amide bonds. The van der Waals surface area contributed by atoms with Gasteiger partial charge in [0.1, 0.15) is 18.0 Å². The number of likely N-dealkylation sites (tertiary alicyclic amines) is 1. The average Bonchev–Trinajstić information content (AvgIpc) is 2.59. The van der Waals surface area contributed by atoms with Crippen molar-refractivity contribution in [1.29, 1.82) is 0 Å². The SMILES string of the molecule is CC(C)(C)OC(=O)N1CC[C@H]1COc1cncc(-c2cccc(CO)c2)c1. The molecule has 1 aliphatic rings. The molecule has 1 atom stereocenters. The molecule has 0 unspecified atom stereocenters. The lowest BCUT2D eigenvalue weighted by Crippen LogP contribution is -2.55. The molecular formula is C21H26N2O4. The molecule has 27 heavy (non-hydrogen) atoms. The number of carbonyl (C=O) groups excluding carboxylic acids is 1. The second-order valence-corrected chi connectivity index (χ2v) is 7.70. The van der Waals surface area contributed by atoms with Crippen LogP contribution in [0.25, 0.3) is 11.1 Å². The Bertz CT molecular complexity index is 801. The first-order valence-corrected chi connectivity index (χ1v) is 9.13. The van der Waals surface area contributed by atoms with E-state index >= 15 is 0 Å². The molecule has 1 fully saturated rings. The lowest BCUT2D eigenvalue weighted by atomic mass is 10.0. The van der Waals surface area contributed by atoms with Gasteiger partial charge in [-0.05, 0) is 50.5 Å². The van der Waals surface area contributed by atoms with Crippen molar-refractivity contribution in [2.75, 3.05) is 13.2 Å². The summed E-state index contributed by atoms with van der Waals surface area (Å²) in [6.07, 6.45) is 4.02. The summed E-state index contributed by atoms with van der Waals surface area (Å²) in [5.41, 5.74) is 2.24. The Morgan fingerprint density at radius 1 is 1.26 bits per heavy atom. The number of nitrogens with zero attached hydrogens (tertiary/aromatic N) is 2. The highest BCUT2D eigenvalue weighted by molar-refractivity contribution is 5.69. The van der Waals surface area contributed by atoms with E-state index in [1.54, 1.807) is 17.3 Å². The summed E-state index contributed by atoms with van der Waals surface area (Å²) in [7, 11) is 0. The van der Waals surface area contributed by atoms with Crippen LogP contribution in [0.2, 0.25) is 0 Å². The maximum absolute atomic E-state index is 12.2. The maximum Gasteiger partial charge on any atom is 0.410 e. The maximum atomic E-state index is 12.2. The summed E-state index contributed by atoms with van der Waals surface area (Å²) in [5, 5.41) is 9.30. The second-order valence-electron chi connectivity index (χ2n) is 7.70. The van der Waals surface area contributed by atoms with Crippen molar-refractivity contribution in [2.24, 2.45) is 0 Å². The second kappa shape index (κ2) is 7.96. The first-order chi connectivity index (χ1) is 12.9. The third kappa shape index (κ3) is 4.98. The smallest absolute Gasteiger partial charge is 0.410 e. The van der Waals surface area contributed by atoms with Crippen molar-refractivity contribution in [3.63, 3.8) is 0 Å². The van der Waals surface area contributed by atoms with Crippen LogP contribution in [0, 0.1) is 0 Å². The Kier molecular flexibility index (Phi) is 5.65. The molecule has 6 heteroatoms. The fourth-order valence-corrected chi connectivity index (χ4v) is 2.87. The van der Waals surface area contributed by atoms with Crippen LogP contribution in [0.1, 0.15) is 32.8 Å². The minimum atomic E-state index is -0.501. The van der Waals surface area contributed by atoms with Crippen LogP contribution in [-0.4, -0.2) is 45.9 Å². The molecule has 0 aliphatic carbocycles. The molecule has 1 saturated heterocycles. The van der Waals surface area contributed by atoms with Crippen LogP contribution in [-0.2, 0) is 11.3 Å². The van der Waals surface area contributed by atoms with E-state index < -0.39 is 5.60 Å².